The number of allylic oxidation sites excluding steroid dienone is 2. The molecule has 1 aliphatic heterocycles. The molecule has 0 unspecified atom stereocenters. The summed E-state index contributed by atoms with van der Waals surface area (Å²) in [7, 11) is 2.09. The topological polar surface area (TPSA) is 77.8 Å². The second-order valence-corrected chi connectivity index (χ2v) is 9.37. The van der Waals surface area contributed by atoms with E-state index in [2.05, 4.69) is 75.5 Å². The first-order valence-corrected chi connectivity index (χ1v) is 13.4. The maximum atomic E-state index is 9.53. The fourth-order valence-electron chi connectivity index (χ4n) is 4.32. The number of aromatic amines is 1. The average molecular weight is 495 g/mol. The molecule has 0 radical (unpaired) electrons. The Kier molecular flexibility index (Phi) is 14.3. The summed E-state index contributed by atoms with van der Waals surface area (Å²) in [5, 5.41) is 9.53. The minimum Gasteiger partial charge on any atom is -0.360 e. The van der Waals surface area contributed by atoms with Gasteiger partial charge in [-0.15, -0.1) is 0 Å². The van der Waals surface area contributed by atoms with Gasteiger partial charge in [-0.25, -0.2) is 4.98 Å². The highest BCUT2D eigenvalue weighted by atomic mass is 15.3. The zero-order valence-corrected chi connectivity index (χ0v) is 22.7. The predicted molar refractivity (Wildman–Crippen MR) is 150 cm³/mol. The lowest BCUT2D eigenvalue weighted by atomic mass is 10.2. The molecule has 0 bridgehead atoms. The van der Waals surface area contributed by atoms with Crippen molar-refractivity contribution in [3.8, 4) is 6.19 Å². The molecular formula is C28H46N8. The number of hydrogen-bond donors (Lipinski definition) is 1. The van der Waals surface area contributed by atoms with Gasteiger partial charge in [0.05, 0.1) is 19.6 Å². The van der Waals surface area contributed by atoms with Gasteiger partial charge >= 0.3 is 0 Å². The lowest BCUT2D eigenvalue weighted by Gasteiger charge is -2.24. The maximum absolute atomic E-state index is 9.53. The van der Waals surface area contributed by atoms with Crippen LogP contribution in [0.15, 0.2) is 53.8 Å². The van der Waals surface area contributed by atoms with Crippen LogP contribution >= 0.6 is 0 Å². The zero-order chi connectivity index (χ0) is 26.0. The molecule has 0 amide bonds. The Morgan fingerprint density at radius 3 is 2.56 bits per heavy atom. The Balaban J connectivity index is 1.84. The smallest absolute Gasteiger partial charge is 0.179 e. The molecule has 0 fully saturated rings. The molecule has 1 aliphatic rings. The van der Waals surface area contributed by atoms with Gasteiger partial charge in [-0.2, -0.15) is 5.26 Å². The number of hydrogen-bond acceptors (Lipinski definition) is 7. The Morgan fingerprint density at radius 1 is 1.17 bits per heavy atom. The molecule has 0 spiro atoms. The number of aromatic nitrogens is 2. The number of amidine groups is 1. The molecule has 0 aromatic carbocycles. The van der Waals surface area contributed by atoms with Crippen molar-refractivity contribution >= 4 is 5.84 Å². The molecule has 0 aliphatic carbocycles. The molecule has 2 heterocycles. The van der Waals surface area contributed by atoms with Gasteiger partial charge in [-0.1, -0.05) is 44.7 Å². The third-order valence-electron chi connectivity index (χ3n) is 6.28. The Bertz CT molecular complexity index is 859. The highest BCUT2D eigenvalue weighted by molar-refractivity contribution is 5.85. The third-order valence-corrected chi connectivity index (χ3v) is 6.28. The van der Waals surface area contributed by atoms with Gasteiger partial charge < -0.3 is 19.7 Å². The van der Waals surface area contributed by atoms with Crippen LogP contribution in [0, 0.1) is 11.5 Å². The van der Waals surface area contributed by atoms with Crippen molar-refractivity contribution in [1.29, 1.82) is 5.26 Å². The predicted octanol–water partition coefficient (Wildman–Crippen LogP) is 3.91. The summed E-state index contributed by atoms with van der Waals surface area (Å²) in [6.45, 7) is 17.4. The minimum atomic E-state index is 0.628. The molecule has 1 aromatic rings. The van der Waals surface area contributed by atoms with Crippen LogP contribution in [0.4, 0.5) is 0 Å². The molecule has 1 aromatic heterocycles. The van der Waals surface area contributed by atoms with Crippen molar-refractivity contribution in [2.24, 2.45) is 4.99 Å². The zero-order valence-electron chi connectivity index (χ0n) is 22.7. The fraction of sp³-hybridized carbons (Fsp3) is 0.607. The summed E-state index contributed by atoms with van der Waals surface area (Å²) in [6, 6.07) is 0. The van der Waals surface area contributed by atoms with Crippen molar-refractivity contribution < 1.29 is 0 Å². The lowest BCUT2D eigenvalue weighted by molar-refractivity contribution is 0.264. The second-order valence-electron chi connectivity index (χ2n) is 9.37. The summed E-state index contributed by atoms with van der Waals surface area (Å²) in [5.41, 5.74) is 1.12. The standard InChI is InChI=1S/C28H46N8/c1-5-16-34(17-6-2)18-10-11-20-35(25-29)19-9-8-12-26(7-3)22-36(23-27-30-13-14-31-27)24-28-32-15-21-33(28)4/h7-9,12-14H,3,5-6,10-11,15-24H2,1-2,4H3,(H,30,31)/b9-8+,26-12+. The minimum absolute atomic E-state index is 0.628. The monoisotopic (exact) mass is 494 g/mol. The van der Waals surface area contributed by atoms with Crippen molar-refractivity contribution in [3.05, 3.63) is 54.7 Å². The van der Waals surface area contributed by atoms with E-state index in [0.717, 1.165) is 69.3 Å². The molecule has 2 rings (SSSR count). The Labute approximate surface area is 218 Å². The van der Waals surface area contributed by atoms with Gasteiger partial charge in [-0.05, 0) is 50.9 Å². The van der Waals surface area contributed by atoms with E-state index in [9.17, 15) is 5.26 Å². The number of nitrogens with zero attached hydrogens (tertiary/aromatic N) is 7. The maximum Gasteiger partial charge on any atom is 0.179 e. The Morgan fingerprint density at radius 2 is 1.94 bits per heavy atom. The third kappa shape index (κ3) is 11.2. The van der Waals surface area contributed by atoms with E-state index in [-0.39, 0.29) is 0 Å². The molecule has 198 valence electrons. The van der Waals surface area contributed by atoms with Gasteiger partial charge in [0.15, 0.2) is 6.19 Å². The molecule has 0 saturated carbocycles. The second kappa shape index (κ2) is 17.5. The first-order chi connectivity index (χ1) is 17.6. The van der Waals surface area contributed by atoms with Crippen LogP contribution in [0.2, 0.25) is 0 Å². The van der Waals surface area contributed by atoms with Gasteiger partial charge in [-0.3, -0.25) is 9.89 Å². The van der Waals surface area contributed by atoms with E-state index in [0.29, 0.717) is 13.1 Å². The van der Waals surface area contributed by atoms with Crippen molar-refractivity contribution in [1.82, 2.24) is 29.6 Å². The first kappa shape index (κ1) is 29.3. The summed E-state index contributed by atoms with van der Waals surface area (Å²) in [6.07, 6.45) is 18.6. The van der Waals surface area contributed by atoms with E-state index in [4.69, 9.17) is 0 Å². The summed E-state index contributed by atoms with van der Waals surface area (Å²) < 4.78 is 0. The number of aliphatic imine (C=N–C) groups is 1. The van der Waals surface area contributed by atoms with E-state index in [1.807, 2.05) is 23.2 Å². The van der Waals surface area contributed by atoms with Gasteiger partial charge in [0.1, 0.15) is 11.7 Å². The largest absolute Gasteiger partial charge is 0.360 e. The SMILES string of the molecule is C=C/C(=C\C=C\CN(C#N)CCCCN(CCC)CCC)CN(CC1=NCCN1C)Cc1ncc[nH]1. The van der Waals surface area contributed by atoms with Crippen LogP contribution in [0.1, 0.15) is 45.4 Å². The number of nitriles is 1. The van der Waals surface area contributed by atoms with Crippen LogP contribution in [-0.4, -0.2) is 101 Å². The summed E-state index contributed by atoms with van der Waals surface area (Å²) in [5.74, 6) is 2.05. The summed E-state index contributed by atoms with van der Waals surface area (Å²) in [4.78, 5) is 21.2. The van der Waals surface area contributed by atoms with Crippen molar-refractivity contribution in [3.63, 3.8) is 0 Å². The highest BCUT2D eigenvalue weighted by Crippen LogP contribution is 2.09. The average Bonchev–Trinajstić information content (AvgIpc) is 3.54. The number of H-pyrrole nitrogens is 1. The molecule has 8 heteroatoms. The number of imidazole rings is 1. The van der Waals surface area contributed by atoms with E-state index in [1.165, 1.54) is 25.9 Å². The van der Waals surface area contributed by atoms with Crippen LogP contribution in [0.3, 0.4) is 0 Å². The van der Waals surface area contributed by atoms with Crippen molar-refractivity contribution in [2.75, 3.05) is 66.0 Å². The normalized spacial score (nSPS) is 14.2. The quantitative estimate of drug-likeness (QED) is 0.136. The lowest BCUT2D eigenvalue weighted by Crippen LogP contribution is -2.37. The fourth-order valence-corrected chi connectivity index (χ4v) is 4.32. The van der Waals surface area contributed by atoms with Crippen LogP contribution in [0.25, 0.3) is 0 Å². The van der Waals surface area contributed by atoms with E-state index < -0.39 is 0 Å². The van der Waals surface area contributed by atoms with Crippen LogP contribution in [-0.2, 0) is 6.54 Å². The number of likely N-dealkylation sites (N-methyl/N-ethyl adjacent to an activating group) is 1. The first-order valence-electron chi connectivity index (χ1n) is 13.4. The Hall–Kier alpha value is -2.89. The van der Waals surface area contributed by atoms with Gasteiger partial charge in [0, 0.05) is 45.6 Å². The van der Waals surface area contributed by atoms with Gasteiger partial charge in [0.2, 0.25) is 0 Å². The summed E-state index contributed by atoms with van der Waals surface area (Å²) >= 11 is 0. The number of unbranched alkanes of at least 4 members (excludes halogenated alkanes) is 1. The van der Waals surface area contributed by atoms with E-state index in [1.54, 1.807) is 6.20 Å². The van der Waals surface area contributed by atoms with Crippen LogP contribution < -0.4 is 0 Å². The molecule has 8 nitrogen and oxygen atoms in total. The molecule has 1 N–H and O–H groups in total. The van der Waals surface area contributed by atoms with Crippen molar-refractivity contribution in [2.45, 2.75) is 46.1 Å². The molecular weight excluding hydrogens is 448 g/mol. The molecule has 0 saturated heterocycles. The van der Waals surface area contributed by atoms with Crippen LogP contribution in [0.5, 0.6) is 0 Å². The van der Waals surface area contributed by atoms with E-state index >= 15 is 0 Å². The number of rotatable bonds is 19. The highest BCUT2D eigenvalue weighted by Gasteiger charge is 2.18. The molecule has 36 heavy (non-hydrogen) atoms. The molecule has 0 atom stereocenters. The number of nitrogens with one attached hydrogen (secondary N) is 1. The van der Waals surface area contributed by atoms with Gasteiger partial charge in [0.25, 0.3) is 0 Å².